The van der Waals surface area contributed by atoms with Crippen LogP contribution in [-0.2, 0) is 10.9 Å². The molecule has 4 aromatic rings. The minimum absolute atomic E-state index is 0.0146. The Morgan fingerprint density at radius 2 is 0.618 bits per heavy atom. The number of rotatable bonds is 6. The fraction of sp³-hybridized carbons (Fsp3) is 0.273. The van der Waals surface area contributed by atoms with Gasteiger partial charge in [-0.2, -0.15) is 0 Å². The van der Waals surface area contributed by atoms with Gasteiger partial charge in [-0.15, -0.1) is 0 Å². The Hall–Kier alpha value is -2.77. The van der Waals surface area contributed by atoms with Gasteiger partial charge in [-0.1, -0.05) is 114 Å². The van der Waals surface area contributed by atoms with E-state index in [0.29, 0.717) is 17.8 Å². The molecular weight excluding hydrogens is 428 g/mol. The predicted octanol–water partition coefficient (Wildman–Crippen LogP) is 9.84. The lowest BCUT2D eigenvalue weighted by Crippen LogP contribution is -2.04. The molecular formula is C33H39S+. The minimum atomic E-state index is -0.0146. The predicted molar refractivity (Wildman–Crippen MR) is 150 cm³/mol. The highest BCUT2D eigenvalue weighted by atomic mass is 32.2. The smallest absolute Gasteiger partial charge is 0.0619 e. The molecule has 0 aliphatic rings. The summed E-state index contributed by atoms with van der Waals surface area (Å²) in [5, 5.41) is 0. The maximum Gasteiger partial charge on any atom is 0.166 e. The van der Waals surface area contributed by atoms with Gasteiger partial charge in [0.05, 0.1) is 10.9 Å². The van der Waals surface area contributed by atoms with Crippen molar-refractivity contribution < 1.29 is 0 Å². The molecule has 176 valence electrons. The molecule has 0 fully saturated rings. The van der Waals surface area contributed by atoms with Crippen molar-refractivity contribution in [1.82, 2.24) is 0 Å². The summed E-state index contributed by atoms with van der Waals surface area (Å²) in [4.78, 5) is 4.08. The van der Waals surface area contributed by atoms with Gasteiger partial charge in [0.15, 0.2) is 14.7 Å². The first-order chi connectivity index (χ1) is 16.4. The van der Waals surface area contributed by atoms with Crippen LogP contribution in [-0.4, -0.2) is 0 Å². The van der Waals surface area contributed by atoms with E-state index in [2.05, 4.69) is 151 Å². The van der Waals surface area contributed by atoms with Crippen molar-refractivity contribution in [3.05, 3.63) is 126 Å². The van der Waals surface area contributed by atoms with E-state index < -0.39 is 0 Å². The lowest BCUT2D eigenvalue weighted by molar-refractivity contribution is 0.804. The second-order valence-electron chi connectivity index (χ2n) is 9.64. The van der Waals surface area contributed by atoms with Crippen LogP contribution in [0.25, 0.3) is 0 Å². The monoisotopic (exact) mass is 467 g/mol. The van der Waals surface area contributed by atoms with Gasteiger partial charge in [0, 0.05) is 0 Å². The number of hydrogen-bond acceptors (Lipinski definition) is 0. The molecule has 0 radical (unpaired) electrons. The SMILES string of the molecule is CC(C)c1cc(C(C)C)cc(C(C)C)c1.c1ccc([S+](c2ccccc2)c2ccccc2)cc1. The Kier molecular flexibility index (Phi) is 9.60. The lowest BCUT2D eigenvalue weighted by atomic mass is 9.90. The maximum atomic E-state index is 2.36. The van der Waals surface area contributed by atoms with E-state index in [9.17, 15) is 0 Å². The van der Waals surface area contributed by atoms with Crippen molar-refractivity contribution in [1.29, 1.82) is 0 Å². The van der Waals surface area contributed by atoms with Gasteiger partial charge in [-0.3, -0.25) is 0 Å². The van der Waals surface area contributed by atoms with Gasteiger partial charge >= 0.3 is 0 Å². The molecule has 1 heteroatoms. The van der Waals surface area contributed by atoms with Crippen molar-refractivity contribution in [2.45, 2.75) is 74.0 Å². The summed E-state index contributed by atoms with van der Waals surface area (Å²) in [7, 11) is -0.0146. The normalized spacial score (nSPS) is 11.1. The molecule has 4 rings (SSSR count). The van der Waals surface area contributed by atoms with Gasteiger partial charge in [-0.25, -0.2) is 0 Å². The largest absolute Gasteiger partial charge is 0.166 e. The molecule has 0 saturated carbocycles. The molecule has 0 saturated heterocycles. The van der Waals surface area contributed by atoms with E-state index >= 15 is 0 Å². The van der Waals surface area contributed by atoms with Crippen LogP contribution in [0.3, 0.4) is 0 Å². The van der Waals surface area contributed by atoms with E-state index in [1.54, 1.807) is 0 Å². The van der Waals surface area contributed by atoms with E-state index in [-0.39, 0.29) is 10.9 Å². The highest BCUT2D eigenvalue weighted by Crippen LogP contribution is 2.30. The molecule has 34 heavy (non-hydrogen) atoms. The molecule has 0 heterocycles. The van der Waals surface area contributed by atoms with Crippen LogP contribution in [0.2, 0.25) is 0 Å². The third kappa shape index (κ3) is 7.11. The topological polar surface area (TPSA) is 0 Å². The first-order valence-corrected chi connectivity index (χ1v) is 13.6. The Morgan fingerprint density at radius 3 is 0.824 bits per heavy atom. The van der Waals surface area contributed by atoms with Gasteiger partial charge in [0.2, 0.25) is 0 Å². The van der Waals surface area contributed by atoms with Gasteiger partial charge in [0.25, 0.3) is 0 Å². The van der Waals surface area contributed by atoms with E-state index in [1.165, 1.54) is 31.4 Å². The third-order valence-corrected chi connectivity index (χ3v) is 8.17. The Balaban J connectivity index is 0.000000197. The van der Waals surface area contributed by atoms with Crippen molar-refractivity contribution in [3.8, 4) is 0 Å². The first kappa shape index (κ1) is 25.8. The standard InChI is InChI=1S/C18H15S.C15H24/c1-4-10-16(11-5-1)19(17-12-6-2-7-13-17)18-14-8-3-9-15-18;1-10(2)13-7-14(11(3)4)9-15(8-13)12(5)6/h1-15H;7-12H,1-6H3/q+1;. The lowest BCUT2D eigenvalue weighted by Gasteiger charge is -2.16. The van der Waals surface area contributed by atoms with Crippen molar-refractivity contribution in [2.75, 3.05) is 0 Å². The molecule has 0 atom stereocenters. The van der Waals surface area contributed by atoms with E-state index in [1.807, 2.05) is 0 Å². The third-order valence-electron chi connectivity index (χ3n) is 5.94. The average molecular weight is 468 g/mol. The van der Waals surface area contributed by atoms with Crippen LogP contribution in [0.5, 0.6) is 0 Å². The molecule has 0 unspecified atom stereocenters. The molecule has 0 N–H and O–H groups in total. The summed E-state index contributed by atoms with van der Waals surface area (Å²) in [6, 6.07) is 39.2. The summed E-state index contributed by atoms with van der Waals surface area (Å²) < 4.78 is 0. The molecule has 0 aliphatic heterocycles. The van der Waals surface area contributed by atoms with E-state index in [4.69, 9.17) is 0 Å². The van der Waals surface area contributed by atoms with Crippen LogP contribution >= 0.6 is 0 Å². The first-order valence-electron chi connectivity index (χ1n) is 12.4. The molecule has 0 aromatic heterocycles. The zero-order valence-corrected chi connectivity index (χ0v) is 22.3. The summed E-state index contributed by atoms with van der Waals surface area (Å²) in [5.41, 5.74) is 4.43. The summed E-state index contributed by atoms with van der Waals surface area (Å²) >= 11 is 0. The molecule has 4 aromatic carbocycles. The zero-order valence-electron chi connectivity index (χ0n) is 21.5. The van der Waals surface area contributed by atoms with Crippen LogP contribution in [0.1, 0.15) is 76.0 Å². The Bertz CT molecular complexity index is 954. The van der Waals surface area contributed by atoms with Crippen LogP contribution in [0, 0.1) is 0 Å². The fourth-order valence-electron chi connectivity index (χ4n) is 3.78. The van der Waals surface area contributed by atoms with Gasteiger partial charge in [0.1, 0.15) is 0 Å². The molecule has 0 amide bonds. The number of benzene rings is 4. The fourth-order valence-corrected chi connectivity index (χ4v) is 5.88. The van der Waals surface area contributed by atoms with Crippen LogP contribution in [0.15, 0.2) is 124 Å². The van der Waals surface area contributed by atoms with Gasteiger partial charge < -0.3 is 0 Å². The maximum absolute atomic E-state index is 2.36. The molecule has 0 aliphatic carbocycles. The highest BCUT2D eigenvalue weighted by Gasteiger charge is 2.27. The molecule has 0 bridgehead atoms. The minimum Gasteiger partial charge on any atom is -0.0619 e. The second kappa shape index (κ2) is 12.6. The average Bonchev–Trinajstić information content (AvgIpc) is 2.86. The molecule has 0 spiro atoms. The second-order valence-corrected chi connectivity index (χ2v) is 11.7. The Morgan fingerprint density at radius 1 is 0.382 bits per heavy atom. The van der Waals surface area contributed by atoms with E-state index in [0.717, 1.165) is 0 Å². The van der Waals surface area contributed by atoms with Crippen molar-refractivity contribution in [2.24, 2.45) is 0 Å². The highest BCUT2D eigenvalue weighted by molar-refractivity contribution is 7.97. The van der Waals surface area contributed by atoms with Gasteiger partial charge in [-0.05, 0) is 70.8 Å². The number of hydrogen-bond donors (Lipinski definition) is 0. The van der Waals surface area contributed by atoms with Crippen LogP contribution in [0.4, 0.5) is 0 Å². The van der Waals surface area contributed by atoms with Crippen molar-refractivity contribution >= 4 is 10.9 Å². The Labute approximate surface area is 210 Å². The molecule has 0 nitrogen and oxygen atoms in total. The summed E-state index contributed by atoms with van der Waals surface area (Å²) in [6.07, 6.45) is 0. The quantitative estimate of drug-likeness (QED) is 0.247. The zero-order chi connectivity index (χ0) is 24.5. The van der Waals surface area contributed by atoms with Crippen molar-refractivity contribution in [3.63, 3.8) is 0 Å². The summed E-state index contributed by atoms with van der Waals surface area (Å²) in [5.74, 6) is 1.88. The van der Waals surface area contributed by atoms with Crippen LogP contribution < -0.4 is 0 Å². The summed E-state index contributed by atoms with van der Waals surface area (Å²) in [6.45, 7) is 13.6.